The molecule has 1 aromatic heterocycles. The van der Waals surface area contributed by atoms with E-state index in [2.05, 4.69) is 41.2 Å². The van der Waals surface area contributed by atoms with Gasteiger partial charge in [-0.25, -0.2) is 0 Å². The fraction of sp³-hybridized carbons (Fsp3) is 0.500. The minimum atomic E-state index is 0.472. The molecule has 0 amide bonds. The fourth-order valence-corrected chi connectivity index (χ4v) is 4.53. The van der Waals surface area contributed by atoms with Gasteiger partial charge in [-0.05, 0) is 93.7 Å². The van der Waals surface area contributed by atoms with Gasteiger partial charge in [-0.3, -0.25) is 5.10 Å². The molecule has 1 fully saturated rings. The molecule has 0 atom stereocenters. The first-order chi connectivity index (χ1) is 18.2. The molecule has 0 spiro atoms. The maximum atomic E-state index is 5.90. The molecule has 7 nitrogen and oxygen atoms in total. The van der Waals surface area contributed by atoms with Crippen molar-refractivity contribution >= 4 is 0 Å². The summed E-state index contributed by atoms with van der Waals surface area (Å²) in [6.45, 7) is 7.64. The van der Waals surface area contributed by atoms with Crippen LogP contribution in [0.15, 0.2) is 54.7 Å². The van der Waals surface area contributed by atoms with E-state index in [1.165, 1.54) is 18.4 Å². The number of aromatic amines is 1. The number of nitrogens with zero attached hydrogens (tertiary/aromatic N) is 2. The normalized spacial score (nSPS) is 14.1. The van der Waals surface area contributed by atoms with Crippen molar-refractivity contribution in [2.24, 2.45) is 5.92 Å². The Labute approximate surface area is 221 Å². The molecule has 37 heavy (non-hydrogen) atoms. The third-order valence-corrected chi connectivity index (χ3v) is 6.77. The molecule has 200 valence electrons. The Hall–Kier alpha value is -3.03. The van der Waals surface area contributed by atoms with Crippen LogP contribution in [-0.2, 0) is 11.3 Å². The number of nitrogens with one attached hydrogen (secondary N) is 1. The lowest BCUT2D eigenvalue weighted by molar-refractivity contribution is 0.0593. The SMILES string of the molecule is CCCCN(C)Cc1cn[nH]c1-c1ccc(OCCOc2ccc(OCCC3CCOCC3)cc2)cc1. The molecule has 0 bridgehead atoms. The van der Waals surface area contributed by atoms with Gasteiger partial charge in [-0.2, -0.15) is 5.10 Å². The van der Waals surface area contributed by atoms with Crippen molar-refractivity contribution in [2.75, 3.05) is 46.6 Å². The number of H-pyrrole nitrogens is 1. The minimum absolute atomic E-state index is 0.472. The van der Waals surface area contributed by atoms with Crippen LogP contribution in [0.1, 0.15) is 44.6 Å². The van der Waals surface area contributed by atoms with Crippen molar-refractivity contribution in [1.29, 1.82) is 0 Å². The van der Waals surface area contributed by atoms with Gasteiger partial charge in [0.1, 0.15) is 30.5 Å². The summed E-state index contributed by atoms with van der Waals surface area (Å²) in [6, 6.07) is 15.9. The predicted octanol–water partition coefficient (Wildman–Crippen LogP) is 5.96. The fourth-order valence-electron chi connectivity index (χ4n) is 4.53. The average molecular weight is 508 g/mol. The van der Waals surface area contributed by atoms with Crippen LogP contribution in [0.3, 0.4) is 0 Å². The minimum Gasteiger partial charge on any atom is -0.494 e. The van der Waals surface area contributed by atoms with E-state index in [9.17, 15) is 0 Å². The average Bonchev–Trinajstić information content (AvgIpc) is 3.39. The number of hydrogen-bond donors (Lipinski definition) is 1. The zero-order valence-electron chi connectivity index (χ0n) is 22.3. The summed E-state index contributed by atoms with van der Waals surface area (Å²) in [5.41, 5.74) is 3.38. The molecule has 1 saturated heterocycles. The van der Waals surface area contributed by atoms with Gasteiger partial charge >= 0.3 is 0 Å². The highest BCUT2D eigenvalue weighted by Crippen LogP contribution is 2.25. The summed E-state index contributed by atoms with van der Waals surface area (Å²) < 4.78 is 23.0. The largest absolute Gasteiger partial charge is 0.494 e. The Kier molecular flexibility index (Phi) is 10.7. The molecule has 0 radical (unpaired) electrons. The zero-order valence-corrected chi connectivity index (χ0v) is 22.3. The Morgan fingerprint density at radius 2 is 1.49 bits per heavy atom. The lowest BCUT2D eigenvalue weighted by atomic mass is 9.97. The summed E-state index contributed by atoms with van der Waals surface area (Å²) in [6.07, 6.45) is 7.70. The first-order valence-electron chi connectivity index (χ1n) is 13.6. The summed E-state index contributed by atoms with van der Waals surface area (Å²) >= 11 is 0. The number of hydrogen-bond acceptors (Lipinski definition) is 6. The molecule has 4 rings (SSSR count). The van der Waals surface area contributed by atoms with Crippen LogP contribution in [0.4, 0.5) is 0 Å². The highest BCUT2D eigenvalue weighted by Gasteiger charge is 2.13. The first kappa shape index (κ1) is 27.0. The molecule has 0 aliphatic carbocycles. The van der Waals surface area contributed by atoms with Crippen LogP contribution < -0.4 is 14.2 Å². The molecule has 1 aliphatic rings. The number of aromatic nitrogens is 2. The van der Waals surface area contributed by atoms with Gasteiger partial charge in [0.05, 0.1) is 18.5 Å². The molecule has 1 aliphatic heterocycles. The predicted molar refractivity (Wildman–Crippen MR) is 146 cm³/mol. The van der Waals surface area contributed by atoms with E-state index in [0.717, 1.165) is 86.6 Å². The third-order valence-electron chi connectivity index (χ3n) is 6.77. The molecule has 2 aromatic carbocycles. The van der Waals surface area contributed by atoms with E-state index >= 15 is 0 Å². The Morgan fingerprint density at radius 3 is 2.11 bits per heavy atom. The summed E-state index contributed by atoms with van der Waals surface area (Å²) in [7, 11) is 2.16. The van der Waals surface area contributed by atoms with E-state index in [1.807, 2.05) is 42.6 Å². The van der Waals surface area contributed by atoms with Gasteiger partial charge in [-0.1, -0.05) is 13.3 Å². The van der Waals surface area contributed by atoms with E-state index in [0.29, 0.717) is 13.2 Å². The Morgan fingerprint density at radius 1 is 0.892 bits per heavy atom. The smallest absolute Gasteiger partial charge is 0.122 e. The lowest BCUT2D eigenvalue weighted by Gasteiger charge is -2.21. The molecule has 3 aromatic rings. The molecular formula is C30H41N3O4. The maximum absolute atomic E-state index is 5.90. The summed E-state index contributed by atoms with van der Waals surface area (Å²) in [5.74, 6) is 3.23. The van der Waals surface area contributed by atoms with Gasteiger partial charge in [0, 0.05) is 30.9 Å². The van der Waals surface area contributed by atoms with Gasteiger partial charge in [0.2, 0.25) is 0 Å². The molecule has 1 N–H and O–H groups in total. The van der Waals surface area contributed by atoms with Crippen LogP contribution in [-0.4, -0.2) is 61.7 Å². The Bertz CT molecular complexity index is 1030. The van der Waals surface area contributed by atoms with E-state index in [-0.39, 0.29) is 0 Å². The molecule has 7 heteroatoms. The zero-order chi connectivity index (χ0) is 25.7. The van der Waals surface area contributed by atoms with Crippen molar-refractivity contribution in [3.63, 3.8) is 0 Å². The standard InChI is InChI=1S/C30H41N3O4/c1-3-4-16-33(2)23-26-22-31-32-30(26)25-5-7-27(8-6-25)36-20-21-37-29-11-9-28(10-12-29)35-19-15-24-13-17-34-18-14-24/h5-12,22,24H,3-4,13-21,23H2,1-2H3,(H,31,32). The number of rotatable bonds is 15. The number of unbranched alkanes of at least 4 members (excludes halogenated alkanes) is 1. The van der Waals surface area contributed by atoms with Crippen molar-refractivity contribution < 1.29 is 18.9 Å². The van der Waals surface area contributed by atoms with Crippen LogP contribution >= 0.6 is 0 Å². The van der Waals surface area contributed by atoms with E-state index < -0.39 is 0 Å². The highest BCUT2D eigenvalue weighted by atomic mass is 16.5. The van der Waals surface area contributed by atoms with E-state index in [4.69, 9.17) is 18.9 Å². The van der Waals surface area contributed by atoms with E-state index in [1.54, 1.807) is 0 Å². The van der Waals surface area contributed by atoms with Crippen molar-refractivity contribution in [2.45, 2.75) is 45.6 Å². The van der Waals surface area contributed by atoms with Crippen molar-refractivity contribution in [3.05, 3.63) is 60.3 Å². The third kappa shape index (κ3) is 8.79. The van der Waals surface area contributed by atoms with Crippen molar-refractivity contribution in [3.8, 4) is 28.5 Å². The molecular weight excluding hydrogens is 466 g/mol. The second-order valence-corrected chi connectivity index (χ2v) is 9.75. The van der Waals surface area contributed by atoms with Gasteiger partial charge in [-0.15, -0.1) is 0 Å². The van der Waals surface area contributed by atoms with Crippen molar-refractivity contribution in [1.82, 2.24) is 15.1 Å². The second-order valence-electron chi connectivity index (χ2n) is 9.75. The second kappa shape index (κ2) is 14.6. The monoisotopic (exact) mass is 507 g/mol. The molecule has 0 saturated carbocycles. The number of ether oxygens (including phenoxy) is 4. The van der Waals surface area contributed by atoms with Crippen LogP contribution in [0.2, 0.25) is 0 Å². The van der Waals surface area contributed by atoms with Gasteiger partial charge < -0.3 is 23.8 Å². The topological polar surface area (TPSA) is 68.8 Å². The molecule has 0 unspecified atom stereocenters. The maximum Gasteiger partial charge on any atom is 0.122 e. The van der Waals surface area contributed by atoms with Gasteiger partial charge in [0.15, 0.2) is 0 Å². The summed E-state index contributed by atoms with van der Waals surface area (Å²) in [4.78, 5) is 2.34. The van der Waals surface area contributed by atoms with Crippen LogP contribution in [0.25, 0.3) is 11.3 Å². The highest BCUT2D eigenvalue weighted by molar-refractivity contribution is 5.63. The summed E-state index contributed by atoms with van der Waals surface area (Å²) in [5, 5.41) is 7.42. The van der Waals surface area contributed by atoms with Crippen LogP contribution in [0, 0.1) is 5.92 Å². The van der Waals surface area contributed by atoms with Gasteiger partial charge in [0.25, 0.3) is 0 Å². The quantitative estimate of drug-likeness (QED) is 0.256. The Balaban J connectivity index is 1.15. The number of benzene rings is 2. The molecule has 2 heterocycles. The van der Waals surface area contributed by atoms with Crippen LogP contribution in [0.5, 0.6) is 17.2 Å². The first-order valence-corrected chi connectivity index (χ1v) is 13.6. The lowest BCUT2D eigenvalue weighted by Crippen LogP contribution is -2.19.